The van der Waals surface area contributed by atoms with Crippen molar-refractivity contribution in [3.05, 3.63) is 11.1 Å². The maximum atomic E-state index is 11.9. The number of carbonyl (C=O) groups is 1. The number of hydrogen-bond acceptors (Lipinski definition) is 5. The highest BCUT2D eigenvalue weighted by Crippen LogP contribution is 2.22. The van der Waals surface area contributed by atoms with E-state index < -0.39 is 0 Å². The van der Waals surface area contributed by atoms with E-state index in [0.29, 0.717) is 11.7 Å². The summed E-state index contributed by atoms with van der Waals surface area (Å²) in [4.78, 5) is 16.3. The van der Waals surface area contributed by atoms with Crippen LogP contribution in [0.3, 0.4) is 0 Å². The van der Waals surface area contributed by atoms with Gasteiger partial charge >= 0.3 is 0 Å². The van der Waals surface area contributed by atoms with E-state index in [0.717, 1.165) is 31.5 Å². The van der Waals surface area contributed by atoms with Crippen LogP contribution < -0.4 is 10.6 Å². The van der Waals surface area contributed by atoms with Gasteiger partial charge in [0, 0.05) is 18.0 Å². The molecule has 19 heavy (non-hydrogen) atoms. The van der Waals surface area contributed by atoms with Gasteiger partial charge in [0.1, 0.15) is 6.10 Å². The van der Waals surface area contributed by atoms with Crippen molar-refractivity contribution in [2.45, 2.75) is 45.3 Å². The molecule has 6 heteroatoms. The Balaban J connectivity index is 1.87. The first-order chi connectivity index (χ1) is 9.20. The highest BCUT2D eigenvalue weighted by atomic mass is 32.1. The Morgan fingerprint density at radius 1 is 1.68 bits per heavy atom. The largest absolute Gasteiger partial charge is 0.368 e. The van der Waals surface area contributed by atoms with Crippen LogP contribution in [0.1, 0.15) is 44.8 Å². The van der Waals surface area contributed by atoms with Crippen LogP contribution in [-0.4, -0.2) is 30.1 Å². The second-order valence-electron chi connectivity index (χ2n) is 4.74. The third-order valence-electron chi connectivity index (χ3n) is 3.12. The molecule has 1 aliphatic heterocycles. The quantitative estimate of drug-likeness (QED) is 0.841. The van der Waals surface area contributed by atoms with Crippen LogP contribution in [0.25, 0.3) is 0 Å². The second kappa shape index (κ2) is 6.98. The van der Waals surface area contributed by atoms with Gasteiger partial charge in [0.25, 0.3) is 5.91 Å². The number of ether oxygens (including phenoxy) is 1. The molecule has 1 aromatic heterocycles. The Bertz CT molecular complexity index is 416. The number of carbonyl (C=O) groups excluding carboxylic acids is 1. The SMILES string of the molecule is CCCNC(C)c1csc(NC(=O)C2CCCO2)n1. The first-order valence-electron chi connectivity index (χ1n) is 6.82. The Morgan fingerprint density at radius 2 is 2.53 bits per heavy atom. The number of aromatic nitrogens is 1. The number of nitrogens with one attached hydrogen (secondary N) is 2. The minimum atomic E-state index is -0.303. The third kappa shape index (κ3) is 3.99. The zero-order valence-electron chi connectivity index (χ0n) is 11.4. The van der Waals surface area contributed by atoms with E-state index in [2.05, 4.69) is 29.5 Å². The maximum Gasteiger partial charge on any atom is 0.255 e. The molecule has 0 saturated carbocycles. The smallest absolute Gasteiger partial charge is 0.255 e. The lowest BCUT2D eigenvalue weighted by atomic mass is 10.2. The molecule has 1 saturated heterocycles. The van der Waals surface area contributed by atoms with E-state index in [-0.39, 0.29) is 18.1 Å². The Hall–Kier alpha value is -0.980. The summed E-state index contributed by atoms with van der Waals surface area (Å²) in [6.07, 6.45) is 2.55. The van der Waals surface area contributed by atoms with E-state index >= 15 is 0 Å². The van der Waals surface area contributed by atoms with Gasteiger partial charge in [0.05, 0.1) is 5.69 Å². The number of hydrogen-bond donors (Lipinski definition) is 2. The molecule has 2 atom stereocenters. The van der Waals surface area contributed by atoms with Gasteiger partial charge in [-0.3, -0.25) is 10.1 Å². The first kappa shape index (κ1) is 14.4. The molecule has 1 aromatic rings. The molecule has 0 aliphatic carbocycles. The average Bonchev–Trinajstić information content (AvgIpc) is 3.06. The van der Waals surface area contributed by atoms with Gasteiger partial charge in [-0.05, 0) is 32.7 Å². The molecule has 2 N–H and O–H groups in total. The molecule has 2 rings (SSSR count). The first-order valence-corrected chi connectivity index (χ1v) is 7.70. The monoisotopic (exact) mass is 283 g/mol. The fourth-order valence-corrected chi connectivity index (χ4v) is 2.79. The standard InChI is InChI=1S/C13H21N3O2S/c1-3-6-14-9(2)10-8-19-13(15-10)16-12(17)11-5-4-7-18-11/h8-9,11,14H,3-7H2,1-2H3,(H,15,16,17). The summed E-state index contributed by atoms with van der Waals surface area (Å²) in [5, 5.41) is 8.85. The predicted octanol–water partition coefficient (Wildman–Crippen LogP) is 2.32. The minimum absolute atomic E-state index is 0.0763. The number of rotatable bonds is 6. The molecule has 0 spiro atoms. The van der Waals surface area contributed by atoms with E-state index in [1.165, 1.54) is 11.3 Å². The molecule has 5 nitrogen and oxygen atoms in total. The average molecular weight is 283 g/mol. The zero-order chi connectivity index (χ0) is 13.7. The lowest BCUT2D eigenvalue weighted by Crippen LogP contribution is -2.26. The Labute approximate surface area is 117 Å². The van der Waals surface area contributed by atoms with Gasteiger partial charge in [-0.15, -0.1) is 11.3 Å². The van der Waals surface area contributed by atoms with Crippen LogP contribution in [0, 0.1) is 0 Å². The number of anilines is 1. The third-order valence-corrected chi connectivity index (χ3v) is 3.89. The summed E-state index contributed by atoms with van der Waals surface area (Å²) >= 11 is 1.46. The molecule has 0 aromatic carbocycles. The fraction of sp³-hybridized carbons (Fsp3) is 0.692. The Morgan fingerprint density at radius 3 is 3.21 bits per heavy atom. The van der Waals surface area contributed by atoms with Crippen molar-refractivity contribution in [2.24, 2.45) is 0 Å². The topological polar surface area (TPSA) is 63.2 Å². The van der Waals surface area contributed by atoms with Crippen molar-refractivity contribution in [1.29, 1.82) is 0 Å². The van der Waals surface area contributed by atoms with E-state index in [4.69, 9.17) is 4.74 Å². The van der Waals surface area contributed by atoms with Crippen molar-refractivity contribution in [1.82, 2.24) is 10.3 Å². The molecule has 106 valence electrons. The lowest BCUT2D eigenvalue weighted by Gasteiger charge is -2.10. The van der Waals surface area contributed by atoms with Crippen molar-refractivity contribution in [3.63, 3.8) is 0 Å². The Kier molecular flexibility index (Phi) is 5.30. The second-order valence-corrected chi connectivity index (χ2v) is 5.60. The van der Waals surface area contributed by atoms with Crippen molar-refractivity contribution < 1.29 is 9.53 Å². The summed E-state index contributed by atoms with van der Waals surface area (Å²) in [5.41, 5.74) is 0.973. The summed E-state index contributed by atoms with van der Waals surface area (Å²) in [6.45, 7) is 5.86. The van der Waals surface area contributed by atoms with Crippen LogP contribution in [-0.2, 0) is 9.53 Å². The van der Waals surface area contributed by atoms with Crippen molar-refractivity contribution in [2.75, 3.05) is 18.5 Å². The highest BCUT2D eigenvalue weighted by Gasteiger charge is 2.24. The van der Waals surface area contributed by atoms with Crippen molar-refractivity contribution >= 4 is 22.4 Å². The molecule has 2 heterocycles. The van der Waals surface area contributed by atoms with Crippen LogP contribution in [0.4, 0.5) is 5.13 Å². The number of nitrogens with zero attached hydrogens (tertiary/aromatic N) is 1. The zero-order valence-corrected chi connectivity index (χ0v) is 12.3. The highest BCUT2D eigenvalue weighted by molar-refractivity contribution is 7.13. The summed E-state index contributed by atoms with van der Waals surface area (Å²) in [7, 11) is 0. The molecule has 2 unspecified atom stereocenters. The van der Waals surface area contributed by atoms with E-state index in [1.807, 2.05) is 5.38 Å². The molecule has 0 bridgehead atoms. The van der Waals surface area contributed by atoms with Crippen molar-refractivity contribution in [3.8, 4) is 0 Å². The molecule has 1 aliphatic rings. The number of amides is 1. The van der Waals surface area contributed by atoms with Crippen LogP contribution in [0.2, 0.25) is 0 Å². The summed E-state index contributed by atoms with van der Waals surface area (Å²) < 4.78 is 5.35. The fourth-order valence-electron chi connectivity index (χ4n) is 1.98. The lowest BCUT2D eigenvalue weighted by molar-refractivity contribution is -0.124. The van der Waals surface area contributed by atoms with E-state index in [9.17, 15) is 4.79 Å². The van der Waals surface area contributed by atoms with Gasteiger partial charge in [-0.2, -0.15) is 0 Å². The van der Waals surface area contributed by atoms with Gasteiger partial charge in [0.2, 0.25) is 0 Å². The van der Waals surface area contributed by atoms with Crippen LogP contribution >= 0.6 is 11.3 Å². The molecule has 1 fully saturated rings. The van der Waals surface area contributed by atoms with Crippen LogP contribution in [0.15, 0.2) is 5.38 Å². The normalized spacial score (nSPS) is 20.4. The maximum absolute atomic E-state index is 11.9. The molecule has 1 amide bonds. The van der Waals surface area contributed by atoms with Gasteiger partial charge in [-0.25, -0.2) is 4.98 Å². The summed E-state index contributed by atoms with van der Waals surface area (Å²) in [5.74, 6) is -0.0763. The van der Waals surface area contributed by atoms with Gasteiger partial charge in [-0.1, -0.05) is 6.92 Å². The minimum Gasteiger partial charge on any atom is -0.368 e. The molecular weight excluding hydrogens is 262 g/mol. The van der Waals surface area contributed by atoms with E-state index in [1.54, 1.807) is 0 Å². The molecular formula is C13H21N3O2S. The molecule has 0 radical (unpaired) electrons. The van der Waals surface area contributed by atoms with Gasteiger partial charge < -0.3 is 10.1 Å². The van der Waals surface area contributed by atoms with Crippen LogP contribution in [0.5, 0.6) is 0 Å². The summed E-state index contributed by atoms with van der Waals surface area (Å²) in [6, 6.07) is 0.213. The van der Waals surface area contributed by atoms with Gasteiger partial charge in [0.15, 0.2) is 5.13 Å². The number of thiazole rings is 1. The predicted molar refractivity (Wildman–Crippen MR) is 76.4 cm³/mol.